The van der Waals surface area contributed by atoms with Crippen molar-refractivity contribution in [3.05, 3.63) is 72.6 Å². The summed E-state index contributed by atoms with van der Waals surface area (Å²) in [5, 5.41) is 0. The Hall–Kier alpha value is -4.75. The maximum Gasteiger partial charge on any atom is 0.247 e. The average molecular weight is 605 g/mol. The predicted molar refractivity (Wildman–Crippen MR) is 156 cm³/mol. The maximum absolute atomic E-state index is 15.5. The number of carbonyl (C=O) groups is 2. The third-order valence-electron chi connectivity index (χ3n) is 7.67. The quantitative estimate of drug-likeness (QED) is 0.198. The number of benzene rings is 2. The minimum absolute atomic E-state index is 0.119. The van der Waals surface area contributed by atoms with Crippen LogP contribution in [0.25, 0.3) is 11.2 Å². The van der Waals surface area contributed by atoms with Gasteiger partial charge in [-0.2, -0.15) is 4.98 Å². The molecule has 6 rings (SSSR count). The van der Waals surface area contributed by atoms with Gasteiger partial charge < -0.3 is 19.9 Å². The van der Waals surface area contributed by atoms with E-state index in [0.29, 0.717) is 18.0 Å². The van der Waals surface area contributed by atoms with Crippen molar-refractivity contribution < 1.29 is 32.6 Å². The molecule has 0 spiro atoms. The highest BCUT2D eigenvalue weighted by molar-refractivity contribution is 6.16. The SMILES string of the molecule is NC(=O)C1(C(=O)N(c2ccc(F)cc2)c2ccc(Oc3ccnc4nc(OCCCN5CCOCC5)cnc34)c(F)c2)CC1. The van der Waals surface area contributed by atoms with Gasteiger partial charge in [0.15, 0.2) is 28.5 Å². The van der Waals surface area contributed by atoms with Gasteiger partial charge in [0.05, 0.1) is 31.7 Å². The second kappa shape index (κ2) is 12.5. The summed E-state index contributed by atoms with van der Waals surface area (Å²) in [5.74, 6) is -2.29. The van der Waals surface area contributed by atoms with Crippen molar-refractivity contribution in [2.75, 3.05) is 44.4 Å². The molecule has 2 amide bonds. The minimum atomic E-state index is -1.39. The lowest BCUT2D eigenvalue weighted by Gasteiger charge is -2.26. The number of hydrogen-bond acceptors (Lipinski definition) is 9. The van der Waals surface area contributed by atoms with Crippen molar-refractivity contribution in [1.29, 1.82) is 0 Å². The Balaban J connectivity index is 1.19. The van der Waals surface area contributed by atoms with Crippen LogP contribution >= 0.6 is 0 Å². The number of rotatable bonds is 11. The van der Waals surface area contributed by atoms with Gasteiger partial charge in [-0.1, -0.05) is 0 Å². The van der Waals surface area contributed by atoms with Crippen LogP contribution in [0.1, 0.15) is 19.3 Å². The number of halogens is 2. The van der Waals surface area contributed by atoms with Crippen molar-refractivity contribution in [2.45, 2.75) is 19.3 Å². The number of ether oxygens (including phenoxy) is 3. The van der Waals surface area contributed by atoms with Crippen LogP contribution < -0.4 is 20.1 Å². The largest absolute Gasteiger partial charge is 0.476 e. The van der Waals surface area contributed by atoms with Crippen molar-refractivity contribution in [3.63, 3.8) is 0 Å². The number of hydrogen-bond donors (Lipinski definition) is 1. The summed E-state index contributed by atoms with van der Waals surface area (Å²) in [6.45, 7) is 4.66. The summed E-state index contributed by atoms with van der Waals surface area (Å²) in [6, 6.07) is 10.5. The van der Waals surface area contributed by atoms with Crippen LogP contribution in [0, 0.1) is 17.0 Å². The van der Waals surface area contributed by atoms with Crippen molar-refractivity contribution in [3.8, 4) is 17.4 Å². The third kappa shape index (κ3) is 6.15. The first-order valence-electron chi connectivity index (χ1n) is 14.3. The number of aromatic nitrogens is 3. The summed E-state index contributed by atoms with van der Waals surface area (Å²) in [4.78, 5) is 42.2. The molecule has 2 aliphatic rings. The lowest BCUT2D eigenvalue weighted by molar-refractivity contribution is -0.133. The number of carbonyl (C=O) groups excluding carboxylic acids is 2. The van der Waals surface area contributed by atoms with Crippen LogP contribution in [0.4, 0.5) is 20.2 Å². The number of morpholine rings is 1. The molecule has 2 aromatic heterocycles. The van der Waals surface area contributed by atoms with Crippen molar-refractivity contribution >= 4 is 34.4 Å². The number of amides is 2. The van der Waals surface area contributed by atoms with Crippen LogP contribution in [-0.4, -0.2) is 71.1 Å². The van der Waals surface area contributed by atoms with E-state index in [2.05, 4.69) is 19.9 Å². The van der Waals surface area contributed by atoms with Gasteiger partial charge in [-0.25, -0.2) is 18.7 Å². The molecule has 11 nitrogen and oxygen atoms in total. The molecule has 2 N–H and O–H groups in total. The summed E-state index contributed by atoms with van der Waals surface area (Å²) < 4.78 is 46.1. The fourth-order valence-electron chi connectivity index (χ4n) is 5.03. The Morgan fingerprint density at radius 2 is 1.75 bits per heavy atom. The standard InChI is InChI=1S/C31H30F2N6O5/c32-20-2-4-21(5-3-20)39(30(41)31(9-10-31)29(34)40)22-6-7-24(23(33)18-22)44-25-8-11-35-28-27(25)36-19-26(37-28)43-15-1-12-38-13-16-42-17-14-38/h2-8,11,18-19H,1,9-10,12-17H2,(H2,34,40). The van der Waals surface area contributed by atoms with E-state index in [1.807, 2.05) is 0 Å². The van der Waals surface area contributed by atoms with Crippen LogP contribution in [0.15, 0.2) is 60.9 Å². The molecule has 2 aromatic carbocycles. The fourth-order valence-corrected chi connectivity index (χ4v) is 5.03. The fraction of sp³-hybridized carbons (Fsp3) is 0.323. The van der Waals surface area contributed by atoms with Gasteiger partial charge in [0.25, 0.3) is 0 Å². The molecule has 0 radical (unpaired) electrons. The number of nitrogens with two attached hydrogens (primary N) is 1. The molecule has 4 aromatic rings. The highest BCUT2D eigenvalue weighted by atomic mass is 19.1. The van der Waals surface area contributed by atoms with Crippen LogP contribution in [0.2, 0.25) is 0 Å². The molecule has 3 heterocycles. The topological polar surface area (TPSA) is 133 Å². The summed E-state index contributed by atoms with van der Waals surface area (Å²) in [5.41, 5.74) is 5.09. The van der Waals surface area contributed by atoms with E-state index in [4.69, 9.17) is 19.9 Å². The Labute approximate surface area is 251 Å². The van der Waals surface area contributed by atoms with Gasteiger partial charge in [0.2, 0.25) is 17.7 Å². The Bertz CT molecular complexity index is 1680. The lowest BCUT2D eigenvalue weighted by Crippen LogP contribution is -2.41. The number of fused-ring (bicyclic) bond motifs is 1. The van der Waals surface area contributed by atoms with Gasteiger partial charge in [-0.3, -0.25) is 19.4 Å². The first-order valence-corrected chi connectivity index (χ1v) is 14.3. The van der Waals surface area contributed by atoms with Crippen molar-refractivity contribution in [2.24, 2.45) is 11.1 Å². The van der Waals surface area contributed by atoms with Crippen LogP contribution in [-0.2, 0) is 14.3 Å². The predicted octanol–water partition coefficient (Wildman–Crippen LogP) is 4.13. The molecule has 0 unspecified atom stereocenters. The summed E-state index contributed by atoms with van der Waals surface area (Å²) in [7, 11) is 0. The normalized spacial score (nSPS) is 16.0. The first kappa shape index (κ1) is 29.3. The molecule has 1 saturated heterocycles. The summed E-state index contributed by atoms with van der Waals surface area (Å²) >= 11 is 0. The molecule has 0 atom stereocenters. The number of primary amides is 1. The van der Waals surface area contributed by atoms with Crippen LogP contribution in [0.5, 0.6) is 17.4 Å². The zero-order chi connectivity index (χ0) is 30.7. The highest BCUT2D eigenvalue weighted by Gasteiger charge is 2.57. The molecule has 44 heavy (non-hydrogen) atoms. The van der Waals surface area contributed by atoms with E-state index in [1.165, 1.54) is 59.8 Å². The Morgan fingerprint density at radius 1 is 1.00 bits per heavy atom. The second-order valence-electron chi connectivity index (χ2n) is 10.6. The van der Waals surface area contributed by atoms with E-state index in [9.17, 15) is 14.0 Å². The smallest absolute Gasteiger partial charge is 0.247 e. The molecular weight excluding hydrogens is 574 g/mol. The third-order valence-corrected chi connectivity index (χ3v) is 7.67. The minimum Gasteiger partial charge on any atom is -0.476 e. The molecule has 1 aliphatic carbocycles. The van der Waals surface area contributed by atoms with E-state index < -0.39 is 28.9 Å². The average Bonchev–Trinajstić information content (AvgIpc) is 3.85. The van der Waals surface area contributed by atoms with E-state index in [-0.39, 0.29) is 41.4 Å². The maximum atomic E-state index is 15.5. The Morgan fingerprint density at radius 3 is 2.45 bits per heavy atom. The molecule has 1 saturated carbocycles. The van der Waals surface area contributed by atoms with Gasteiger partial charge >= 0.3 is 0 Å². The first-order chi connectivity index (χ1) is 21.3. The second-order valence-corrected chi connectivity index (χ2v) is 10.6. The lowest BCUT2D eigenvalue weighted by atomic mass is 10.0. The molecule has 228 valence electrons. The van der Waals surface area contributed by atoms with Gasteiger partial charge in [0.1, 0.15) is 11.2 Å². The number of nitrogens with zero attached hydrogens (tertiary/aromatic N) is 5. The molecule has 13 heteroatoms. The van der Waals surface area contributed by atoms with Gasteiger partial charge in [0, 0.05) is 43.7 Å². The van der Waals surface area contributed by atoms with Crippen molar-refractivity contribution in [1.82, 2.24) is 19.9 Å². The Kier molecular flexibility index (Phi) is 8.31. The zero-order valence-corrected chi connectivity index (χ0v) is 23.7. The van der Waals surface area contributed by atoms with E-state index in [0.717, 1.165) is 45.3 Å². The highest BCUT2D eigenvalue weighted by Crippen LogP contribution is 2.49. The zero-order valence-electron chi connectivity index (χ0n) is 23.7. The molecule has 0 bridgehead atoms. The van der Waals surface area contributed by atoms with Gasteiger partial charge in [-0.15, -0.1) is 0 Å². The van der Waals surface area contributed by atoms with E-state index in [1.54, 1.807) is 0 Å². The van der Waals surface area contributed by atoms with Gasteiger partial charge in [-0.05, 0) is 55.7 Å². The number of anilines is 2. The molecule has 1 aliphatic heterocycles. The molecule has 2 fully saturated rings. The van der Waals surface area contributed by atoms with Crippen LogP contribution in [0.3, 0.4) is 0 Å². The van der Waals surface area contributed by atoms with E-state index >= 15 is 4.39 Å². The molecular formula is C31H30F2N6O5. The monoisotopic (exact) mass is 604 g/mol. The number of pyridine rings is 1. The summed E-state index contributed by atoms with van der Waals surface area (Å²) in [6.07, 6.45) is 4.30.